The van der Waals surface area contributed by atoms with E-state index in [1.165, 1.54) is 29.2 Å². The van der Waals surface area contributed by atoms with E-state index in [9.17, 15) is 19.7 Å². The molecule has 1 aromatic heterocycles. The number of halogens is 1. The fourth-order valence-electron chi connectivity index (χ4n) is 2.99. The van der Waals surface area contributed by atoms with Gasteiger partial charge in [-0.2, -0.15) is 0 Å². The summed E-state index contributed by atoms with van der Waals surface area (Å²) >= 11 is 4.46. The van der Waals surface area contributed by atoms with Gasteiger partial charge in [-0.05, 0) is 64.1 Å². The van der Waals surface area contributed by atoms with Gasteiger partial charge in [0.25, 0.3) is 11.6 Å². The molecule has 1 amide bonds. The minimum absolute atomic E-state index is 0.0452. The lowest BCUT2D eigenvalue weighted by atomic mass is 10.1. The molecule has 1 aliphatic rings. The number of carbonyl (C=O) groups excluding carboxylic acids is 1. The number of carboxylic acids is 1. The third kappa shape index (κ3) is 4.73. The SMILES string of the molecule is CN1C(=O)/C(=C\c2ccc(-c3ccc([N+](=O)[O-])cc3Br)o2)SC1=Nc1cccc(C(=O)O)c1. The fraction of sp³-hybridized carbons (Fsp3) is 0.0455. The quantitative estimate of drug-likeness (QED) is 0.261. The van der Waals surface area contributed by atoms with Crippen LogP contribution < -0.4 is 0 Å². The lowest BCUT2D eigenvalue weighted by Gasteiger charge is -2.07. The molecule has 1 fully saturated rings. The van der Waals surface area contributed by atoms with Gasteiger partial charge in [0, 0.05) is 35.3 Å². The van der Waals surface area contributed by atoms with Crippen LogP contribution in [0.4, 0.5) is 11.4 Å². The normalized spacial score (nSPS) is 16.1. The number of benzene rings is 2. The third-order valence-electron chi connectivity index (χ3n) is 4.65. The Morgan fingerprint density at radius 1 is 1.24 bits per heavy atom. The molecule has 2 heterocycles. The highest BCUT2D eigenvalue weighted by molar-refractivity contribution is 9.10. The Kier molecular flexibility index (Phi) is 6.16. The van der Waals surface area contributed by atoms with E-state index < -0.39 is 10.9 Å². The van der Waals surface area contributed by atoms with Crippen molar-refractivity contribution in [3.8, 4) is 11.3 Å². The zero-order chi connectivity index (χ0) is 23.7. The number of aromatic carboxylic acids is 1. The molecule has 0 radical (unpaired) electrons. The Hall–Kier alpha value is -3.70. The number of amides is 1. The number of nitrogens with zero attached hydrogens (tertiary/aromatic N) is 3. The van der Waals surface area contributed by atoms with E-state index in [2.05, 4.69) is 20.9 Å². The van der Waals surface area contributed by atoms with Crippen LogP contribution in [0.5, 0.6) is 0 Å². The van der Waals surface area contributed by atoms with E-state index in [1.54, 1.807) is 43.5 Å². The molecule has 0 bridgehead atoms. The number of hydrogen-bond acceptors (Lipinski definition) is 7. The van der Waals surface area contributed by atoms with Crippen LogP contribution in [0.1, 0.15) is 16.1 Å². The van der Waals surface area contributed by atoms with Crippen LogP contribution in [0, 0.1) is 10.1 Å². The summed E-state index contributed by atoms with van der Waals surface area (Å²) in [6.07, 6.45) is 1.59. The van der Waals surface area contributed by atoms with E-state index in [4.69, 9.17) is 9.52 Å². The molecule has 0 aliphatic carbocycles. The Labute approximate surface area is 199 Å². The molecule has 11 heteroatoms. The van der Waals surface area contributed by atoms with E-state index in [1.807, 2.05) is 0 Å². The van der Waals surface area contributed by atoms with Gasteiger partial charge in [-0.1, -0.05) is 6.07 Å². The monoisotopic (exact) mass is 527 g/mol. The van der Waals surface area contributed by atoms with Crippen molar-refractivity contribution in [2.45, 2.75) is 0 Å². The van der Waals surface area contributed by atoms with Crippen LogP contribution in [-0.2, 0) is 4.79 Å². The zero-order valence-corrected chi connectivity index (χ0v) is 19.3. The number of carbonyl (C=O) groups is 2. The van der Waals surface area contributed by atoms with E-state index >= 15 is 0 Å². The third-order valence-corrected chi connectivity index (χ3v) is 6.37. The highest BCUT2D eigenvalue weighted by Gasteiger charge is 2.30. The summed E-state index contributed by atoms with van der Waals surface area (Å²) in [4.78, 5) is 40.4. The summed E-state index contributed by atoms with van der Waals surface area (Å²) in [7, 11) is 1.58. The predicted molar refractivity (Wildman–Crippen MR) is 127 cm³/mol. The van der Waals surface area contributed by atoms with Gasteiger partial charge >= 0.3 is 5.97 Å². The van der Waals surface area contributed by atoms with Gasteiger partial charge in [0.05, 0.1) is 21.1 Å². The second kappa shape index (κ2) is 9.04. The Bertz CT molecular complexity index is 1360. The summed E-state index contributed by atoms with van der Waals surface area (Å²) < 4.78 is 6.34. The number of hydrogen-bond donors (Lipinski definition) is 1. The molecule has 1 aliphatic heterocycles. The standard InChI is InChI=1S/C22H14BrN3O6S/c1-25-20(27)19(33-22(25)24-13-4-2-3-12(9-13)21(28)29)11-15-6-8-18(32-15)16-7-5-14(26(30)31)10-17(16)23/h2-11H,1H3,(H,28,29)/b19-11+,24-22?. The molecular weight excluding hydrogens is 514 g/mol. The van der Waals surface area contributed by atoms with Gasteiger partial charge in [-0.3, -0.25) is 19.8 Å². The average Bonchev–Trinajstić information content (AvgIpc) is 3.34. The van der Waals surface area contributed by atoms with Crippen molar-refractivity contribution in [3.05, 3.63) is 85.4 Å². The number of carboxylic acid groups (broad SMARTS) is 1. The van der Waals surface area contributed by atoms with Gasteiger partial charge in [-0.15, -0.1) is 0 Å². The molecule has 0 unspecified atom stereocenters. The van der Waals surface area contributed by atoms with Crippen molar-refractivity contribution in [1.29, 1.82) is 0 Å². The smallest absolute Gasteiger partial charge is 0.335 e. The second-order valence-corrected chi connectivity index (χ2v) is 8.71. The van der Waals surface area contributed by atoms with Crippen molar-refractivity contribution >= 4 is 62.2 Å². The van der Waals surface area contributed by atoms with Crippen LogP contribution >= 0.6 is 27.7 Å². The topological polar surface area (TPSA) is 126 Å². The lowest BCUT2D eigenvalue weighted by molar-refractivity contribution is -0.384. The zero-order valence-electron chi connectivity index (χ0n) is 16.9. The van der Waals surface area contributed by atoms with Crippen LogP contribution in [0.15, 0.2) is 73.4 Å². The first-order valence-corrected chi connectivity index (χ1v) is 11.0. The summed E-state index contributed by atoms with van der Waals surface area (Å²) in [5.74, 6) is -0.433. The van der Waals surface area contributed by atoms with Gasteiger partial charge in [0.15, 0.2) is 5.17 Å². The van der Waals surface area contributed by atoms with E-state index in [0.717, 1.165) is 11.8 Å². The molecule has 0 spiro atoms. The number of furan rings is 1. The molecule has 0 atom stereocenters. The Balaban J connectivity index is 1.59. The van der Waals surface area contributed by atoms with Crippen LogP contribution in [0.2, 0.25) is 0 Å². The number of likely N-dealkylation sites (N-methyl/N-ethyl adjacent to an activating group) is 1. The average molecular weight is 528 g/mol. The first kappa shape index (κ1) is 22.5. The summed E-state index contributed by atoms with van der Waals surface area (Å²) in [5.41, 5.74) is 1.11. The molecule has 166 valence electrons. The largest absolute Gasteiger partial charge is 0.478 e. The molecule has 1 N–H and O–H groups in total. The molecule has 9 nitrogen and oxygen atoms in total. The maximum Gasteiger partial charge on any atom is 0.335 e. The first-order valence-electron chi connectivity index (χ1n) is 9.37. The molecule has 1 saturated heterocycles. The highest BCUT2D eigenvalue weighted by Crippen LogP contribution is 2.36. The lowest BCUT2D eigenvalue weighted by Crippen LogP contribution is -2.23. The molecule has 2 aromatic carbocycles. The van der Waals surface area contributed by atoms with Gasteiger partial charge in [0.2, 0.25) is 0 Å². The van der Waals surface area contributed by atoms with E-state index in [0.29, 0.717) is 37.3 Å². The minimum Gasteiger partial charge on any atom is -0.478 e. The molecule has 3 aromatic rings. The molecule has 33 heavy (non-hydrogen) atoms. The fourth-order valence-corrected chi connectivity index (χ4v) is 4.52. The summed E-state index contributed by atoms with van der Waals surface area (Å²) in [6, 6.07) is 13.9. The Morgan fingerprint density at radius 2 is 2.03 bits per heavy atom. The van der Waals surface area contributed by atoms with Crippen LogP contribution in [-0.4, -0.2) is 39.0 Å². The number of rotatable bonds is 5. The second-order valence-electron chi connectivity index (χ2n) is 6.85. The number of aliphatic imine (C=N–C) groups is 1. The van der Waals surface area contributed by atoms with Crippen LogP contribution in [0.3, 0.4) is 0 Å². The minimum atomic E-state index is -1.06. The first-order chi connectivity index (χ1) is 15.7. The number of non-ortho nitro benzene ring substituents is 1. The number of amidine groups is 1. The number of nitro benzene ring substituents is 1. The number of thioether (sulfide) groups is 1. The van der Waals surface area contributed by atoms with Gasteiger partial charge < -0.3 is 9.52 Å². The van der Waals surface area contributed by atoms with Crippen molar-refractivity contribution in [2.24, 2.45) is 4.99 Å². The molecule has 4 rings (SSSR count). The van der Waals surface area contributed by atoms with Gasteiger partial charge in [-0.25, -0.2) is 9.79 Å². The predicted octanol–water partition coefficient (Wildman–Crippen LogP) is 5.55. The van der Waals surface area contributed by atoms with Gasteiger partial charge in [0.1, 0.15) is 11.5 Å². The van der Waals surface area contributed by atoms with E-state index in [-0.39, 0.29) is 17.2 Å². The molecular formula is C22H14BrN3O6S. The van der Waals surface area contributed by atoms with Crippen molar-refractivity contribution in [2.75, 3.05) is 7.05 Å². The van der Waals surface area contributed by atoms with Crippen molar-refractivity contribution in [1.82, 2.24) is 4.90 Å². The summed E-state index contributed by atoms with van der Waals surface area (Å²) in [5, 5.41) is 20.5. The maximum absolute atomic E-state index is 12.7. The Morgan fingerprint density at radius 3 is 2.73 bits per heavy atom. The molecule has 0 saturated carbocycles. The summed E-state index contributed by atoms with van der Waals surface area (Å²) in [6.45, 7) is 0. The van der Waals surface area contributed by atoms with Crippen molar-refractivity contribution in [3.63, 3.8) is 0 Å². The number of nitro groups is 1. The van der Waals surface area contributed by atoms with Crippen LogP contribution in [0.25, 0.3) is 17.4 Å². The van der Waals surface area contributed by atoms with Crippen molar-refractivity contribution < 1.29 is 24.0 Å². The highest BCUT2D eigenvalue weighted by atomic mass is 79.9. The maximum atomic E-state index is 12.7.